The van der Waals surface area contributed by atoms with E-state index < -0.39 is 113 Å². The van der Waals surface area contributed by atoms with Crippen LogP contribution in [0.2, 0.25) is 0 Å². The summed E-state index contributed by atoms with van der Waals surface area (Å²) in [5.74, 6) is -9.06. The topological polar surface area (TPSA) is 410 Å². The standard InChI is InChI=1S/C40H52N10O17S4/c1-22-13-25(67-12-4-5-32(51)41-8-9-42-37(55)29(20-69(59,60)61)48-38(56)30(21-70(62,63)64)47-33(52)19-68)14-23(2)35(22)71(65,66)49-28(39(57)58)17-45-36(54)27-18-50(3)31-15-24(6-7-26(31)34(27)53)16-46-40-43-10-11-44-40/h6-7,10-11,13-15,18,28-30,49,68H,4-5,8-9,12,16-17,19-21H2,1-3H3,(H,41,51)(H,42,55)(H,45,54)(H,47,52)(H,48,56)(H,57,58)(H2,43,44,46)(H,59,60,61)(H,62,63,64)/t28-,29?,30?/m0/s1. The molecule has 3 atom stereocenters. The van der Waals surface area contributed by atoms with Crippen molar-refractivity contribution in [2.75, 3.05) is 48.8 Å². The molecule has 11 N–H and O–H groups in total. The van der Waals surface area contributed by atoms with Crippen LogP contribution < -0.4 is 46.8 Å². The van der Waals surface area contributed by atoms with Gasteiger partial charge in [0, 0.05) is 63.6 Å². The fraction of sp³-hybridized carbons (Fsp3) is 0.400. The molecule has 4 rings (SSSR count). The second-order valence-electron chi connectivity index (χ2n) is 15.7. The van der Waals surface area contributed by atoms with Gasteiger partial charge >= 0.3 is 5.97 Å². The fourth-order valence-corrected chi connectivity index (χ4v) is 9.85. The third-order valence-electron chi connectivity index (χ3n) is 9.97. The van der Waals surface area contributed by atoms with Crippen molar-refractivity contribution < 1.29 is 73.0 Å². The molecule has 2 heterocycles. The maximum atomic E-state index is 13.6. The van der Waals surface area contributed by atoms with Crippen LogP contribution in [0.25, 0.3) is 10.9 Å². The number of anilines is 1. The quantitative estimate of drug-likeness (QED) is 0.0170. The average molecular weight is 1070 g/mol. The second-order valence-corrected chi connectivity index (χ2v) is 20.6. The van der Waals surface area contributed by atoms with Gasteiger partial charge in [-0.25, -0.2) is 13.4 Å². The summed E-state index contributed by atoms with van der Waals surface area (Å²) < 4.78 is 101. The number of amides is 5. The number of carbonyl (C=O) groups excluding carboxylic acids is 5. The number of aryl methyl sites for hydroxylation is 3. The Balaban J connectivity index is 1.26. The highest BCUT2D eigenvalue weighted by Crippen LogP contribution is 2.26. The highest BCUT2D eigenvalue weighted by Gasteiger charge is 2.33. The molecule has 0 saturated heterocycles. The lowest BCUT2D eigenvalue weighted by Crippen LogP contribution is -2.57. The van der Waals surface area contributed by atoms with Crippen LogP contribution >= 0.6 is 12.6 Å². The number of thiol groups is 1. The van der Waals surface area contributed by atoms with Crippen LogP contribution in [-0.2, 0) is 67.8 Å². The lowest BCUT2D eigenvalue weighted by Gasteiger charge is -2.21. The minimum Gasteiger partial charge on any atom is -0.494 e. The van der Waals surface area contributed by atoms with Crippen LogP contribution in [-0.4, -0.2) is 151 Å². The van der Waals surface area contributed by atoms with Crippen molar-refractivity contribution in [3.8, 4) is 5.75 Å². The highest BCUT2D eigenvalue weighted by atomic mass is 32.2. The van der Waals surface area contributed by atoms with Crippen molar-refractivity contribution >= 4 is 95.2 Å². The summed E-state index contributed by atoms with van der Waals surface area (Å²) in [4.78, 5) is 95.1. The van der Waals surface area contributed by atoms with Crippen LogP contribution in [0.1, 0.15) is 39.9 Å². The van der Waals surface area contributed by atoms with Gasteiger partial charge in [-0.05, 0) is 61.2 Å². The number of ether oxygens (including phenoxy) is 1. The minimum absolute atomic E-state index is 0.0382. The minimum atomic E-state index is -4.92. The molecule has 2 unspecified atom stereocenters. The van der Waals surface area contributed by atoms with E-state index in [2.05, 4.69) is 48.6 Å². The maximum Gasteiger partial charge on any atom is 0.323 e. The molecule has 0 radical (unpaired) electrons. The number of carboxylic acids is 1. The van der Waals surface area contributed by atoms with E-state index in [4.69, 9.17) is 9.29 Å². The highest BCUT2D eigenvalue weighted by molar-refractivity contribution is 7.89. The zero-order valence-electron chi connectivity index (χ0n) is 38.0. The number of carboxylic acid groups (broad SMARTS) is 1. The van der Waals surface area contributed by atoms with Gasteiger partial charge in [-0.3, -0.25) is 42.7 Å². The van der Waals surface area contributed by atoms with E-state index in [0.717, 1.165) is 5.56 Å². The van der Waals surface area contributed by atoms with Gasteiger partial charge in [0.1, 0.15) is 40.9 Å². The Kier molecular flexibility index (Phi) is 20.0. The van der Waals surface area contributed by atoms with Gasteiger partial charge in [0.15, 0.2) is 5.95 Å². The number of hydrogen-bond acceptors (Lipinski definition) is 17. The normalized spacial score (nSPS) is 13.0. The molecule has 0 bridgehead atoms. The number of sulfonamides is 1. The third-order valence-corrected chi connectivity index (χ3v) is 13.5. The van der Waals surface area contributed by atoms with Crippen LogP contribution in [0, 0.1) is 13.8 Å². The predicted octanol–water partition coefficient (Wildman–Crippen LogP) is -2.28. The van der Waals surface area contributed by atoms with E-state index in [9.17, 15) is 68.5 Å². The molecule has 388 valence electrons. The first kappa shape index (κ1) is 56.9. The molecule has 2 aromatic heterocycles. The van der Waals surface area contributed by atoms with Crippen LogP contribution in [0.15, 0.2) is 58.6 Å². The predicted molar refractivity (Wildman–Crippen MR) is 256 cm³/mol. The number of aliphatic carboxylic acids is 1. The van der Waals surface area contributed by atoms with Gasteiger partial charge < -0.3 is 51.3 Å². The Labute approximate surface area is 411 Å². The number of fused-ring (bicyclic) bond motifs is 1. The fourth-order valence-electron chi connectivity index (χ4n) is 6.80. The number of nitrogens with zero attached hydrogens (tertiary/aromatic N) is 2. The molecule has 0 aliphatic heterocycles. The Morgan fingerprint density at radius 3 is 2.07 bits per heavy atom. The molecule has 0 aliphatic carbocycles. The van der Waals surface area contributed by atoms with E-state index in [1.54, 1.807) is 42.2 Å². The molecule has 0 spiro atoms. The van der Waals surface area contributed by atoms with Gasteiger partial charge in [-0.15, -0.1) is 0 Å². The van der Waals surface area contributed by atoms with Crippen molar-refractivity contribution in [3.05, 3.63) is 81.4 Å². The number of benzene rings is 2. The van der Waals surface area contributed by atoms with Crippen molar-refractivity contribution in [2.24, 2.45) is 7.05 Å². The second kappa shape index (κ2) is 25.0. The van der Waals surface area contributed by atoms with E-state index in [1.807, 2.05) is 10.6 Å². The molecule has 27 nitrogen and oxygen atoms in total. The number of nitrogens with one attached hydrogen (secondary N) is 8. The Morgan fingerprint density at radius 2 is 1.48 bits per heavy atom. The number of aromatic amines is 1. The van der Waals surface area contributed by atoms with Crippen LogP contribution in [0.5, 0.6) is 5.75 Å². The number of rotatable bonds is 27. The van der Waals surface area contributed by atoms with E-state index in [1.165, 1.54) is 32.2 Å². The van der Waals surface area contributed by atoms with E-state index >= 15 is 0 Å². The van der Waals surface area contributed by atoms with Gasteiger partial charge in [0.25, 0.3) is 26.1 Å². The largest absolute Gasteiger partial charge is 0.494 e. The lowest BCUT2D eigenvalue weighted by molar-refractivity contribution is -0.138. The van der Waals surface area contributed by atoms with Gasteiger partial charge in [0.2, 0.25) is 39.1 Å². The van der Waals surface area contributed by atoms with Crippen LogP contribution in [0.4, 0.5) is 5.95 Å². The summed E-state index contributed by atoms with van der Waals surface area (Å²) >= 11 is 3.68. The molecule has 0 saturated carbocycles. The van der Waals surface area contributed by atoms with Crippen LogP contribution in [0.3, 0.4) is 0 Å². The summed E-state index contributed by atoms with van der Waals surface area (Å²) in [5, 5.41) is 24.1. The number of imidazole rings is 1. The molecular formula is C40H52N10O17S4. The number of pyridine rings is 1. The van der Waals surface area contributed by atoms with Gasteiger partial charge in [-0.1, -0.05) is 6.07 Å². The smallest absolute Gasteiger partial charge is 0.323 e. The molecule has 4 aromatic rings. The first-order valence-electron chi connectivity index (χ1n) is 21.0. The zero-order valence-corrected chi connectivity index (χ0v) is 41.4. The Hall–Kier alpha value is -6.64. The first-order chi connectivity index (χ1) is 33.2. The molecule has 31 heteroatoms. The van der Waals surface area contributed by atoms with Gasteiger partial charge in [-0.2, -0.15) is 34.2 Å². The van der Waals surface area contributed by atoms with Crippen molar-refractivity contribution in [1.29, 1.82) is 0 Å². The van der Waals surface area contributed by atoms with Crippen molar-refractivity contribution in [1.82, 2.24) is 45.8 Å². The summed E-state index contributed by atoms with van der Waals surface area (Å²) in [7, 11) is -12.7. The number of H-pyrrole nitrogens is 1. The zero-order chi connectivity index (χ0) is 52.8. The van der Waals surface area contributed by atoms with Crippen molar-refractivity contribution in [3.63, 3.8) is 0 Å². The Morgan fingerprint density at radius 1 is 0.845 bits per heavy atom. The molecule has 2 aromatic carbocycles. The number of aromatic nitrogens is 3. The molecular weight excluding hydrogens is 1020 g/mol. The average Bonchev–Trinajstić information content (AvgIpc) is 3.80. The number of hydrogen-bond donors (Lipinski definition) is 12. The van der Waals surface area contributed by atoms with E-state index in [-0.39, 0.29) is 65.3 Å². The number of carbonyl (C=O) groups is 6. The summed E-state index contributed by atoms with van der Waals surface area (Å²) in [6, 6.07) is 1.92. The van der Waals surface area contributed by atoms with Gasteiger partial charge in [0.05, 0.1) is 22.8 Å². The molecule has 5 amide bonds. The monoisotopic (exact) mass is 1070 g/mol. The summed E-state index contributed by atoms with van der Waals surface area (Å²) in [6.45, 7) is 1.97. The lowest BCUT2D eigenvalue weighted by atomic mass is 10.1. The molecule has 0 fully saturated rings. The summed E-state index contributed by atoms with van der Waals surface area (Å²) in [6.07, 6.45) is 4.57. The Bertz CT molecular complexity index is 3020. The summed E-state index contributed by atoms with van der Waals surface area (Å²) in [5.41, 5.74) is 0.738. The van der Waals surface area contributed by atoms with E-state index in [0.29, 0.717) is 18.0 Å². The SMILES string of the molecule is Cc1cc(OCCCC(=O)NCCNC(=O)C(CS(=O)(=O)O)NC(=O)C(CS(=O)(=O)O)NC(=O)CS)cc(C)c1S(=O)(=O)N[C@@H](CNC(=O)c1cn(C)c2cc(CNc3ncc[nH]3)ccc2c1=O)C(=O)O. The first-order valence-corrected chi connectivity index (χ1v) is 26.3. The molecule has 71 heavy (non-hydrogen) atoms. The molecule has 0 aliphatic rings. The maximum absolute atomic E-state index is 13.6. The third kappa shape index (κ3) is 17.6. The van der Waals surface area contributed by atoms with Crippen molar-refractivity contribution in [2.45, 2.75) is 56.3 Å².